The molecule has 0 unspecified atom stereocenters. The Balaban J connectivity index is 0.00000264. The largest absolute Gasteiger partial charge is 0.314 e. The number of allylic oxidation sites excluding steroid dienone is 1. The summed E-state index contributed by atoms with van der Waals surface area (Å²) in [5, 5.41) is 3.23. The Labute approximate surface area is 142 Å². The monoisotopic (exact) mass is 348 g/mol. The molecular formula is C17H24ClF3N2. The van der Waals surface area contributed by atoms with Gasteiger partial charge in [-0.3, -0.25) is 4.90 Å². The first-order valence-corrected chi connectivity index (χ1v) is 7.83. The summed E-state index contributed by atoms with van der Waals surface area (Å²) in [6.07, 6.45) is 5.20. The van der Waals surface area contributed by atoms with Crippen LogP contribution in [0.3, 0.4) is 0 Å². The number of benzene rings is 1. The number of halogens is 4. The van der Waals surface area contributed by atoms with E-state index >= 15 is 0 Å². The van der Waals surface area contributed by atoms with Crippen molar-refractivity contribution in [1.82, 2.24) is 10.2 Å². The summed E-state index contributed by atoms with van der Waals surface area (Å²) in [5.74, 6) is -2.45. The third-order valence-electron chi connectivity index (χ3n) is 4.11. The van der Waals surface area contributed by atoms with Gasteiger partial charge in [0.15, 0.2) is 0 Å². The number of nitrogens with one attached hydrogen (secondary N) is 1. The fourth-order valence-electron chi connectivity index (χ4n) is 3.00. The molecule has 1 saturated heterocycles. The van der Waals surface area contributed by atoms with Crippen molar-refractivity contribution < 1.29 is 13.2 Å². The van der Waals surface area contributed by atoms with Crippen molar-refractivity contribution in [3.63, 3.8) is 0 Å². The minimum absolute atomic E-state index is 0. The summed E-state index contributed by atoms with van der Waals surface area (Å²) >= 11 is 0. The Morgan fingerprint density at radius 1 is 1.13 bits per heavy atom. The van der Waals surface area contributed by atoms with Crippen molar-refractivity contribution in [3.8, 4) is 0 Å². The van der Waals surface area contributed by atoms with E-state index in [9.17, 15) is 13.2 Å². The standard InChI is InChI=1S/C17H23F3N2.ClH/c1-2-3-4-5-6-16(22-9-7-21-8-10-22)17-14(19)11-13(18)12-15(17)20;/h2,11-12,16,21H,1,3-10H2;1H/t16-;/m0./s1. The molecule has 1 aliphatic heterocycles. The molecule has 1 N–H and O–H groups in total. The van der Waals surface area contributed by atoms with Crippen LogP contribution in [0.1, 0.15) is 37.3 Å². The molecule has 1 aromatic rings. The van der Waals surface area contributed by atoms with Crippen LogP contribution in [0.4, 0.5) is 13.2 Å². The first kappa shape index (κ1) is 20.0. The molecule has 1 aromatic carbocycles. The van der Waals surface area contributed by atoms with Gasteiger partial charge in [0.05, 0.1) is 0 Å². The van der Waals surface area contributed by atoms with Gasteiger partial charge in [-0.2, -0.15) is 0 Å². The van der Waals surface area contributed by atoms with E-state index in [1.165, 1.54) is 0 Å². The molecule has 1 heterocycles. The van der Waals surface area contributed by atoms with E-state index < -0.39 is 17.5 Å². The van der Waals surface area contributed by atoms with Crippen LogP contribution >= 0.6 is 12.4 Å². The van der Waals surface area contributed by atoms with Crippen LogP contribution in [0.25, 0.3) is 0 Å². The molecule has 0 spiro atoms. The minimum atomic E-state index is -0.871. The Morgan fingerprint density at radius 2 is 1.74 bits per heavy atom. The molecule has 130 valence electrons. The second-order valence-corrected chi connectivity index (χ2v) is 5.66. The third-order valence-corrected chi connectivity index (χ3v) is 4.11. The summed E-state index contributed by atoms with van der Waals surface area (Å²) in [5.41, 5.74) is 0.00176. The van der Waals surface area contributed by atoms with Crippen LogP contribution in [0.2, 0.25) is 0 Å². The zero-order valence-corrected chi connectivity index (χ0v) is 14.0. The van der Waals surface area contributed by atoms with Crippen LogP contribution in [0, 0.1) is 17.5 Å². The van der Waals surface area contributed by atoms with Crippen molar-refractivity contribution in [1.29, 1.82) is 0 Å². The number of hydrogen-bond donors (Lipinski definition) is 1. The Hall–Kier alpha value is -1.04. The van der Waals surface area contributed by atoms with Crippen molar-refractivity contribution in [2.75, 3.05) is 26.2 Å². The van der Waals surface area contributed by atoms with E-state index in [0.717, 1.165) is 57.6 Å². The van der Waals surface area contributed by atoms with E-state index in [1.807, 2.05) is 6.08 Å². The first-order valence-electron chi connectivity index (χ1n) is 7.83. The van der Waals surface area contributed by atoms with Crippen molar-refractivity contribution in [3.05, 3.63) is 47.8 Å². The van der Waals surface area contributed by atoms with Gasteiger partial charge in [0.2, 0.25) is 0 Å². The van der Waals surface area contributed by atoms with E-state index in [1.54, 1.807) is 0 Å². The van der Waals surface area contributed by atoms with Crippen LogP contribution in [-0.4, -0.2) is 31.1 Å². The molecule has 1 fully saturated rings. The van der Waals surface area contributed by atoms with Gasteiger partial charge in [0, 0.05) is 49.9 Å². The van der Waals surface area contributed by atoms with Gasteiger partial charge in [-0.15, -0.1) is 19.0 Å². The lowest BCUT2D eigenvalue weighted by Gasteiger charge is -2.35. The molecule has 0 saturated carbocycles. The Kier molecular flexibility index (Phi) is 8.66. The fourth-order valence-corrected chi connectivity index (χ4v) is 3.00. The highest BCUT2D eigenvalue weighted by Crippen LogP contribution is 2.31. The van der Waals surface area contributed by atoms with Crippen molar-refractivity contribution in [2.45, 2.75) is 31.7 Å². The highest BCUT2D eigenvalue weighted by molar-refractivity contribution is 5.85. The number of rotatable bonds is 7. The third kappa shape index (κ3) is 5.52. The summed E-state index contributed by atoms with van der Waals surface area (Å²) in [7, 11) is 0. The average molecular weight is 349 g/mol. The first-order chi connectivity index (χ1) is 10.6. The molecule has 1 aliphatic rings. The van der Waals surface area contributed by atoms with Gasteiger partial charge in [0.1, 0.15) is 17.5 Å². The van der Waals surface area contributed by atoms with Crippen LogP contribution in [-0.2, 0) is 0 Å². The smallest absolute Gasteiger partial charge is 0.133 e. The minimum Gasteiger partial charge on any atom is -0.314 e. The van der Waals surface area contributed by atoms with E-state index in [4.69, 9.17) is 0 Å². The maximum absolute atomic E-state index is 14.2. The highest BCUT2D eigenvalue weighted by Gasteiger charge is 2.27. The molecule has 0 aliphatic carbocycles. The lowest BCUT2D eigenvalue weighted by molar-refractivity contribution is 0.156. The highest BCUT2D eigenvalue weighted by atomic mass is 35.5. The SMILES string of the molecule is C=CCCCC[C@@H](c1c(F)cc(F)cc1F)N1CCNCC1.Cl. The molecule has 2 rings (SSSR count). The fraction of sp³-hybridized carbons (Fsp3) is 0.529. The second kappa shape index (κ2) is 9.96. The second-order valence-electron chi connectivity index (χ2n) is 5.66. The number of nitrogens with zero attached hydrogens (tertiary/aromatic N) is 1. The lowest BCUT2D eigenvalue weighted by Crippen LogP contribution is -2.45. The summed E-state index contributed by atoms with van der Waals surface area (Å²) in [6, 6.07) is 1.21. The molecule has 0 radical (unpaired) electrons. The van der Waals surface area contributed by atoms with Gasteiger partial charge >= 0.3 is 0 Å². The molecule has 6 heteroatoms. The molecule has 0 aromatic heterocycles. The molecule has 1 atom stereocenters. The molecule has 23 heavy (non-hydrogen) atoms. The number of hydrogen-bond acceptors (Lipinski definition) is 2. The van der Waals surface area contributed by atoms with Gasteiger partial charge in [-0.05, 0) is 19.3 Å². The zero-order valence-electron chi connectivity index (χ0n) is 13.2. The van der Waals surface area contributed by atoms with E-state index in [2.05, 4.69) is 16.8 Å². The average Bonchev–Trinajstić information content (AvgIpc) is 2.49. The Bertz CT molecular complexity index is 482. The predicted molar refractivity (Wildman–Crippen MR) is 89.4 cm³/mol. The Morgan fingerprint density at radius 3 is 2.30 bits per heavy atom. The van der Waals surface area contributed by atoms with E-state index in [-0.39, 0.29) is 24.0 Å². The maximum Gasteiger partial charge on any atom is 0.133 e. The van der Waals surface area contributed by atoms with Crippen molar-refractivity contribution in [2.24, 2.45) is 0 Å². The number of unbranched alkanes of at least 4 members (excludes halogenated alkanes) is 2. The number of piperazine rings is 1. The van der Waals surface area contributed by atoms with Crippen molar-refractivity contribution >= 4 is 12.4 Å². The molecular weight excluding hydrogens is 325 g/mol. The summed E-state index contributed by atoms with van der Waals surface area (Å²) in [4.78, 5) is 2.09. The predicted octanol–water partition coefficient (Wildman–Crippen LogP) is 4.22. The van der Waals surface area contributed by atoms with Gasteiger partial charge in [-0.25, -0.2) is 13.2 Å². The van der Waals surface area contributed by atoms with Crippen LogP contribution < -0.4 is 5.32 Å². The van der Waals surface area contributed by atoms with Crippen LogP contribution in [0.15, 0.2) is 24.8 Å². The topological polar surface area (TPSA) is 15.3 Å². The lowest BCUT2D eigenvalue weighted by atomic mass is 9.97. The molecule has 0 bridgehead atoms. The molecule has 2 nitrogen and oxygen atoms in total. The normalized spacial score (nSPS) is 16.7. The van der Waals surface area contributed by atoms with Gasteiger partial charge < -0.3 is 5.32 Å². The van der Waals surface area contributed by atoms with Gasteiger partial charge in [-0.1, -0.05) is 12.5 Å². The zero-order chi connectivity index (χ0) is 15.9. The maximum atomic E-state index is 14.2. The molecule has 0 amide bonds. The summed E-state index contributed by atoms with van der Waals surface area (Å²) in [6.45, 7) is 6.76. The summed E-state index contributed by atoms with van der Waals surface area (Å²) < 4.78 is 41.5. The van der Waals surface area contributed by atoms with Crippen LogP contribution in [0.5, 0.6) is 0 Å². The van der Waals surface area contributed by atoms with E-state index in [0.29, 0.717) is 6.42 Å². The quantitative estimate of drug-likeness (QED) is 0.586. The van der Waals surface area contributed by atoms with Gasteiger partial charge in [0.25, 0.3) is 0 Å².